The van der Waals surface area contributed by atoms with Gasteiger partial charge in [0.05, 0.1) is 17.3 Å². The molecule has 2 aromatic rings. The Bertz CT molecular complexity index is 857. The van der Waals surface area contributed by atoms with Crippen LogP contribution in [0.5, 0.6) is 0 Å². The standard InChI is InChI=1S/C16H18FN3O4/c1-18-15-13(16(23)24)14(22)9-6-10(17)12(7-11(9)19-15)20-4-2-8(21)3-5-20/h6-8,21H,2-5H2,1H3,(H,23,24)(H2,18,19,22). The number of aromatic nitrogens is 1. The number of pyridine rings is 1. The van der Waals surface area contributed by atoms with E-state index < -0.39 is 22.8 Å². The van der Waals surface area contributed by atoms with Crippen LogP contribution in [0.25, 0.3) is 10.9 Å². The van der Waals surface area contributed by atoms with Gasteiger partial charge in [-0.05, 0) is 25.0 Å². The Morgan fingerprint density at radius 3 is 2.62 bits per heavy atom. The highest BCUT2D eigenvalue weighted by Gasteiger charge is 2.23. The SMILES string of the molecule is CNc1[nH]c2cc(N3CCC(O)CC3)c(F)cc2c(=O)c1C(=O)O. The van der Waals surface area contributed by atoms with Crippen molar-refractivity contribution in [1.29, 1.82) is 0 Å². The normalized spacial score (nSPS) is 15.7. The van der Waals surface area contributed by atoms with Gasteiger partial charge in [-0.1, -0.05) is 0 Å². The number of aliphatic hydroxyl groups is 1. The molecule has 1 aromatic heterocycles. The molecule has 0 spiro atoms. The molecule has 1 aromatic carbocycles. The topological polar surface area (TPSA) is 106 Å². The van der Waals surface area contributed by atoms with Crippen LogP contribution in [-0.4, -0.2) is 47.4 Å². The number of aliphatic hydroxyl groups excluding tert-OH is 1. The summed E-state index contributed by atoms with van der Waals surface area (Å²) in [5.74, 6) is -1.89. The Labute approximate surface area is 136 Å². The third kappa shape index (κ3) is 2.69. The van der Waals surface area contributed by atoms with E-state index in [2.05, 4.69) is 10.3 Å². The number of rotatable bonds is 3. The minimum atomic E-state index is -1.38. The van der Waals surface area contributed by atoms with Crippen molar-refractivity contribution in [2.45, 2.75) is 18.9 Å². The van der Waals surface area contributed by atoms with Gasteiger partial charge < -0.3 is 25.4 Å². The number of carboxylic acids is 1. The van der Waals surface area contributed by atoms with Crippen LogP contribution in [0, 0.1) is 5.82 Å². The molecule has 4 N–H and O–H groups in total. The quantitative estimate of drug-likeness (QED) is 0.675. The van der Waals surface area contributed by atoms with Crippen molar-refractivity contribution in [1.82, 2.24) is 4.98 Å². The first kappa shape index (κ1) is 16.3. The van der Waals surface area contributed by atoms with Gasteiger partial charge in [-0.15, -0.1) is 0 Å². The number of anilines is 2. The highest BCUT2D eigenvalue weighted by molar-refractivity contribution is 5.98. The van der Waals surface area contributed by atoms with Crippen LogP contribution in [0.4, 0.5) is 15.9 Å². The second kappa shape index (κ2) is 6.12. The first-order valence-electron chi connectivity index (χ1n) is 7.66. The molecule has 8 heteroatoms. The van der Waals surface area contributed by atoms with Gasteiger partial charge in [0, 0.05) is 25.5 Å². The van der Waals surface area contributed by atoms with Gasteiger partial charge in [0.25, 0.3) is 0 Å². The zero-order chi connectivity index (χ0) is 17.4. The monoisotopic (exact) mass is 335 g/mol. The molecule has 0 bridgehead atoms. The molecule has 1 fully saturated rings. The van der Waals surface area contributed by atoms with Crippen LogP contribution < -0.4 is 15.6 Å². The van der Waals surface area contributed by atoms with E-state index in [9.17, 15) is 24.2 Å². The number of nitrogens with zero attached hydrogens (tertiary/aromatic N) is 1. The van der Waals surface area contributed by atoms with Crippen LogP contribution in [-0.2, 0) is 0 Å². The molecule has 7 nitrogen and oxygen atoms in total. The molecule has 128 valence electrons. The van der Waals surface area contributed by atoms with Crippen LogP contribution in [0.1, 0.15) is 23.2 Å². The molecule has 0 aliphatic carbocycles. The molecule has 1 aliphatic heterocycles. The third-order valence-corrected chi connectivity index (χ3v) is 4.34. The lowest BCUT2D eigenvalue weighted by Gasteiger charge is -2.31. The highest BCUT2D eigenvalue weighted by Crippen LogP contribution is 2.27. The Hall–Kier alpha value is -2.61. The summed E-state index contributed by atoms with van der Waals surface area (Å²) in [6, 6.07) is 2.58. The predicted molar refractivity (Wildman–Crippen MR) is 88.5 cm³/mol. The molecular formula is C16H18FN3O4. The molecule has 0 atom stereocenters. The van der Waals surface area contributed by atoms with Crippen molar-refractivity contribution in [2.24, 2.45) is 0 Å². The predicted octanol–water partition coefficient (Wildman–Crippen LogP) is 1.37. The first-order chi connectivity index (χ1) is 11.4. The van der Waals surface area contributed by atoms with Gasteiger partial charge in [0.2, 0.25) is 5.43 Å². The largest absolute Gasteiger partial charge is 0.477 e. The van der Waals surface area contributed by atoms with Gasteiger partial charge in [0.1, 0.15) is 17.2 Å². The zero-order valence-electron chi connectivity index (χ0n) is 13.1. The van der Waals surface area contributed by atoms with E-state index in [1.165, 1.54) is 13.1 Å². The van der Waals surface area contributed by atoms with E-state index in [0.717, 1.165) is 6.07 Å². The van der Waals surface area contributed by atoms with Gasteiger partial charge in [-0.3, -0.25) is 4.79 Å². The summed E-state index contributed by atoms with van der Waals surface area (Å²) in [5.41, 5.74) is -0.495. The first-order valence-corrected chi connectivity index (χ1v) is 7.66. The van der Waals surface area contributed by atoms with Crippen LogP contribution in [0.15, 0.2) is 16.9 Å². The number of H-pyrrole nitrogens is 1. The van der Waals surface area contributed by atoms with Crippen molar-refractivity contribution in [3.8, 4) is 0 Å². The van der Waals surface area contributed by atoms with Crippen molar-refractivity contribution in [3.63, 3.8) is 0 Å². The van der Waals surface area contributed by atoms with Crippen LogP contribution >= 0.6 is 0 Å². The summed E-state index contributed by atoms with van der Waals surface area (Å²) in [6.07, 6.45) is 0.722. The molecule has 0 radical (unpaired) electrons. The number of aromatic amines is 1. The summed E-state index contributed by atoms with van der Waals surface area (Å²) >= 11 is 0. The van der Waals surface area contributed by atoms with E-state index in [0.29, 0.717) is 37.1 Å². The number of carbonyl (C=O) groups is 1. The van der Waals surface area contributed by atoms with E-state index in [1.54, 1.807) is 0 Å². The lowest BCUT2D eigenvalue weighted by atomic mass is 10.1. The Balaban J connectivity index is 2.16. The molecule has 3 rings (SSSR count). The molecule has 0 amide bonds. The smallest absolute Gasteiger partial charge is 0.343 e. The lowest BCUT2D eigenvalue weighted by molar-refractivity contribution is 0.0696. The van der Waals surface area contributed by atoms with Gasteiger partial charge in [-0.25, -0.2) is 9.18 Å². The average Bonchev–Trinajstić information content (AvgIpc) is 2.55. The number of halogens is 1. The molecule has 0 saturated carbocycles. The number of hydrogen-bond donors (Lipinski definition) is 4. The van der Waals surface area contributed by atoms with E-state index in [1.807, 2.05) is 4.90 Å². The number of benzene rings is 1. The molecule has 2 heterocycles. The van der Waals surface area contributed by atoms with Crippen LogP contribution in [0.2, 0.25) is 0 Å². The fourth-order valence-corrected chi connectivity index (χ4v) is 3.04. The Kier molecular flexibility index (Phi) is 4.15. The number of carboxylic acid groups (broad SMARTS) is 1. The number of aromatic carboxylic acids is 1. The molecule has 0 unspecified atom stereocenters. The molecular weight excluding hydrogens is 317 g/mol. The maximum atomic E-state index is 14.5. The van der Waals surface area contributed by atoms with Gasteiger partial charge >= 0.3 is 5.97 Å². The van der Waals surface area contributed by atoms with Crippen molar-refractivity contribution >= 4 is 28.4 Å². The number of fused-ring (bicyclic) bond motifs is 1. The second-order valence-electron chi connectivity index (χ2n) is 5.83. The fourth-order valence-electron chi connectivity index (χ4n) is 3.04. The van der Waals surface area contributed by atoms with Gasteiger partial charge in [-0.2, -0.15) is 0 Å². The second-order valence-corrected chi connectivity index (χ2v) is 5.83. The van der Waals surface area contributed by atoms with E-state index >= 15 is 0 Å². The highest BCUT2D eigenvalue weighted by atomic mass is 19.1. The Morgan fingerprint density at radius 1 is 1.38 bits per heavy atom. The minimum absolute atomic E-state index is 0.00954. The van der Waals surface area contributed by atoms with Crippen molar-refractivity contribution < 1.29 is 19.4 Å². The van der Waals surface area contributed by atoms with E-state index in [-0.39, 0.29) is 17.3 Å². The average molecular weight is 335 g/mol. The molecule has 24 heavy (non-hydrogen) atoms. The van der Waals surface area contributed by atoms with Crippen LogP contribution in [0.3, 0.4) is 0 Å². The molecule has 1 saturated heterocycles. The fraction of sp³-hybridized carbons (Fsp3) is 0.375. The summed E-state index contributed by atoms with van der Waals surface area (Å²) in [4.78, 5) is 28.3. The maximum absolute atomic E-state index is 14.5. The van der Waals surface area contributed by atoms with Crippen molar-refractivity contribution in [2.75, 3.05) is 30.4 Å². The number of nitrogens with one attached hydrogen (secondary N) is 2. The zero-order valence-corrected chi connectivity index (χ0v) is 13.1. The van der Waals surface area contributed by atoms with E-state index in [4.69, 9.17) is 0 Å². The number of piperidine rings is 1. The maximum Gasteiger partial charge on any atom is 0.343 e. The summed E-state index contributed by atoms with van der Waals surface area (Å²) in [7, 11) is 1.50. The van der Waals surface area contributed by atoms with Crippen molar-refractivity contribution in [3.05, 3.63) is 33.7 Å². The Morgan fingerprint density at radius 2 is 2.04 bits per heavy atom. The lowest BCUT2D eigenvalue weighted by Crippen LogP contribution is -2.36. The summed E-state index contributed by atoms with van der Waals surface area (Å²) in [5, 5.41) is 21.4. The number of hydrogen-bond acceptors (Lipinski definition) is 5. The van der Waals surface area contributed by atoms with Gasteiger partial charge in [0.15, 0.2) is 0 Å². The summed E-state index contributed by atoms with van der Waals surface area (Å²) in [6.45, 7) is 1.03. The third-order valence-electron chi connectivity index (χ3n) is 4.34. The minimum Gasteiger partial charge on any atom is -0.477 e. The molecule has 1 aliphatic rings. The summed E-state index contributed by atoms with van der Waals surface area (Å²) < 4.78 is 14.5.